The second kappa shape index (κ2) is 11.3. The van der Waals surface area contributed by atoms with E-state index in [1.807, 2.05) is 23.1 Å². The predicted molar refractivity (Wildman–Crippen MR) is 155 cm³/mol. The summed E-state index contributed by atoms with van der Waals surface area (Å²) in [4.78, 5) is 31.0. The largest absolute Gasteiger partial charge is 0.345 e. The van der Waals surface area contributed by atoms with E-state index >= 15 is 0 Å². The summed E-state index contributed by atoms with van der Waals surface area (Å²) in [6.45, 7) is 4.84. The lowest BCUT2D eigenvalue weighted by Crippen LogP contribution is -2.42. The molecular formula is C33H35ClFN3O2. The molecule has 6 rings (SSSR count). The van der Waals surface area contributed by atoms with E-state index in [1.54, 1.807) is 0 Å². The first kappa shape index (κ1) is 27.0. The Hall–Kier alpha value is -3.22. The number of rotatable bonds is 6. The number of aryl methyl sites for hydroxylation is 1. The molecule has 5 nitrogen and oxygen atoms in total. The molecule has 40 heavy (non-hydrogen) atoms. The van der Waals surface area contributed by atoms with Gasteiger partial charge in [0.2, 0.25) is 0 Å². The Bertz CT molecular complexity index is 1380. The van der Waals surface area contributed by atoms with Gasteiger partial charge in [0.25, 0.3) is 11.8 Å². The SMILES string of the molecule is O=C(NC1CCc2ccc(C(=O)N3CCC4(CCN(CCc5ccccc5)CC4)C3)cc21)c1c(F)cccc1Cl. The molecule has 1 N–H and O–H groups in total. The zero-order valence-corrected chi connectivity index (χ0v) is 23.4. The van der Waals surface area contributed by atoms with Crippen LogP contribution in [-0.4, -0.2) is 54.3 Å². The summed E-state index contributed by atoms with van der Waals surface area (Å²) in [5, 5.41) is 3.03. The first-order valence-corrected chi connectivity index (χ1v) is 14.7. The highest BCUT2D eigenvalue weighted by atomic mass is 35.5. The van der Waals surface area contributed by atoms with E-state index in [0.717, 1.165) is 76.0 Å². The Labute approximate surface area is 240 Å². The molecule has 0 saturated carbocycles. The van der Waals surface area contributed by atoms with Crippen molar-refractivity contribution in [3.63, 3.8) is 0 Å². The Kier molecular flexibility index (Phi) is 7.65. The summed E-state index contributed by atoms with van der Waals surface area (Å²) in [6, 6.07) is 20.4. The van der Waals surface area contributed by atoms with Crippen LogP contribution in [-0.2, 0) is 12.8 Å². The second-order valence-electron chi connectivity index (χ2n) is 11.6. The third kappa shape index (κ3) is 5.52. The predicted octanol–water partition coefficient (Wildman–Crippen LogP) is 6.07. The molecule has 3 aromatic carbocycles. The third-order valence-corrected chi connectivity index (χ3v) is 9.48. The standard InChI is InChI=1S/C33H35ClFN3O2/c34-27-7-4-8-28(35)30(27)31(39)36-29-12-11-24-9-10-25(21-26(24)29)32(40)38-20-16-33(22-38)14-18-37(19-15-33)17-13-23-5-2-1-3-6-23/h1-10,21,29H,11-20,22H2,(H,36,39). The fourth-order valence-corrected chi connectivity index (χ4v) is 6.96. The number of amides is 2. The Morgan fingerprint density at radius 1 is 0.975 bits per heavy atom. The Balaban J connectivity index is 1.07. The molecule has 0 radical (unpaired) electrons. The fraction of sp³-hybridized carbons (Fsp3) is 0.394. The van der Waals surface area contributed by atoms with Gasteiger partial charge >= 0.3 is 0 Å². The minimum Gasteiger partial charge on any atom is -0.345 e. The summed E-state index contributed by atoms with van der Waals surface area (Å²) in [5.74, 6) is -1.12. The number of carbonyl (C=O) groups is 2. The van der Waals surface area contributed by atoms with Crippen molar-refractivity contribution in [2.24, 2.45) is 5.41 Å². The minimum atomic E-state index is -0.642. The average Bonchev–Trinajstić information content (AvgIpc) is 3.57. The summed E-state index contributed by atoms with van der Waals surface area (Å²) in [6.07, 6.45) is 5.89. The van der Waals surface area contributed by atoms with Gasteiger partial charge in [-0.3, -0.25) is 9.59 Å². The van der Waals surface area contributed by atoms with Crippen LogP contribution in [0.25, 0.3) is 0 Å². The van der Waals surface area contributed by atoms with Crippen molar-refractivity contribution in [1.29, 1.82) is 0 Å². The molecule has 208 valence electrons. The molecule has 7 heteroatoms. The highest BCUT2D eigenvalue weighted by molar-refractivity contribution is 6.33. The number of piperidine rings is 1. The number of benzene rings is 3. The second-order valence-corrected chi connectivity index (χ2v) is 12.0. The quantitative estimate of drug-likeness (QED) is 0.399. The van der Waals surface area contributed by atoms with Crippen LogP contribution in [0.1, 0.15) is 69.1 Å². The molecule has 2 fully saturated rings. The van der Waals surface area contributed by atoms with Gasteiger partial charge in [-0.15, -0.1) is 0 Å². The van der Waals surface area contributed by atoms with Gasteiger partial charge in [0.15, 0.2) is 0 Å². The molecular weight excluding hydrogens is 525 g/mol. The van der Waals surface area contributed by atoms with E-state index in [9.17, 15) is 14.0 Å². The monoisotopic (exact) mass is 559 g/mol. The molecule has 2 saturated heterocycles. The molecule has 1 atom stereocenters. The zero-order valence-electron chi connectivity index (χ0n) is 22.7. The number of carbonyl (C=O) groups excluding carboxylic acids is 2. The van der Waals surface area contributed by atoms with Gasteiger partial charge in [-0.05, 0) is 98.0 Å². The van der Waals surface area contributed by atoms with Crippen LogP contribution in [0.15, 0.2) is 66.7 Å². The maximum atomic E-state index is 14.3. The molecule has 3 aliphatic rings. The van der Waals surface area contributed by atoms with Crippen molar-refractivity contribution in [3.05, 3.63) is 105 Å². The first-order valence-electron chi connectivity index (χ1n) is 14.3. The Morgan fingerprint density at radius 3 is 2.52 bits per heavy atom. The number of nitrogens with zero attached hydrogens (tertiary/aromatic N) is 2. The fourth-order valence-electron chi connectivity index (χ4n) is 6.71. The summed E-state index contributed by atoms with van der Waals surface area (Å²) >= 11 is 6.11. The van der Waals surface area contributed by atoms with Crippen LogP contribution in [0.5, 0.6) is 0 Å². The lowest BCUT2D eigenvalue weighted by Gasteiger charge is -2.39. The van der Waals surface area contributed by atoms with Gasteiger partial charge in [0, 0.05) is 25.2 Å². The van der Waals surface area contributed by atoms with Crippen LogP contribution < -0.4 is 5.32 Å². The van der Waals surface area contributed by atoms with Gasteiger partial charge < -0.3 is 15.1 Å². The van der Waals surface area contributed by atoms with Crippen molar-refractivity contribution >= 4 is 23.4 Å². The topological polar surface area (TPSA) is 52.7 Å². The molecule has 2 aliphatic heterocycles. The zero-order chi connectivity index (χ0) is 27.7. The third-order valence-electron chi connectivity index (χ3n) is 9.17. The van der Waals surface area contributed by atoms with Gasteiger partial charge in [-0.1, -0.05) is 54.1 Å². The molecule has 1 unspecified atom stereocenters. The van der Waals surface area contributed by atoms with Gasteiger partial charge in [-0.2, -0.15) is 0 Å². The Morgan fingerprint density at radius 2 is 1.75 bits per heavy atom. The maximum absolute atomic E-state index is 14.3. The van der Waals surface area contributed by atoms with E-state index in [-0.39, 0.29) is 28.0 Å². The number of fused-ring (bicyclic) bond motifs is 1. The molecule has 3 aromatic rings. The van der Waals surface area contributed by atoms with Gasteiger partial charge in [0.05, 0.1) is 16.6 Å². The van der Waals surface area contributed by atoms with E-state index < -0.39 is 11.7 Å². The highest BCUT2D eigenvalue weighted by Gasteiger charge is 2.42. The molecule has 0 aromatic heterocycles. The van der Waals surface area contributed by atoms with E-state index in [0.29, 0.717) is 12.0 Å². The first-order chi connectivity index (χ1) is 19.4. The van der Waals surface area contributed by atoms with Crippen LogP contribution >= 0.6 is 11.6 Å². The number of halogens is 2. The summed E-state index contributed by atoms with van der Waals surface area (Å²) in [5.41, 5.74) is 4.16. The molecule has 2 heterocycles. The van der Waals surface area contributed by atoms with Crippen molar-refractivity contribution in [1.82, 2.24) is 15.1 Å². The van der Waals surface area contributed by atoms with E-state index in [2.05, 4.69) is 40.5 Å². The highest BCUT2D eigenvalue weighted by Crippen LogP contribution is 2.41. The molecule has 1 aliphatic carbocycles. The number of likely N-dealkylation sites (tertiary alicyclic amines) is 2. The number of hydrogen-bond acceptors (Lipinski definition) is 3. The maximum Gasteiger partial charge on any atom is 0.256 e. The smallest absolute Gasteiger partial charge is 0.256 e. The van der Waals surface area contributed by atoms with Crippen LogP contribution in [0.3, 0.4) is 0 Å². The average molecular weight is 560 g/mol. The van der Waals surface area contributed by atoms with Crippen molar-refractivity contribution in [2.45, 2.75) is 44.6 Å². The van der Waals surface area contributed by atoms with Crippen molar-refractivity contribution in [3.8, 4) is 0 Å². The van der Waals surface area contributed by atoms with Crippen molar-refractivity contribution < 1.29 is 14.0 Å². The lowest BCUT2D eigenvalue weighted by atomic mass is 9.77. The van der Waals surface area contributed by atoms with Crippen LogP contribution in [0.4, 0.5) is 4.39 Å². The van der Waals surface area contributed by atoms with Gasteiger partial charge in [-0.25, -0.2) is 4.39 Å². The lowest BCUT2D eigenvalue weighted by molar-refractivity contribution is 0.0721. The van der Waals surface area contributed by atoms with E-state index in [4.69, 9.17) is 11.6 Å². The van der Waals surface area contributed by atoms with Gasteiger partial charge in [0.1, 0.15) is 5.82 Å². The molecule has 0 bridgehead atoms. The summed E-state index contributed by atoms with van der Waals surface area (Å²) < 4.78 is 14.3. The van der Waals surface area contributed by atoms with E-state index in [1.165, 1.54) is 23.8 Å². The van der Waals surface area contributed by atoms with Crippen molar-refractivity contribution in [2.75, 3.05) is 32.7 Å². The van der Waals surface area contributed by atoms with Crippen LogP contribution in [0.2, 0.25) is 5.02 Å². The molecule has 1 spiro atoms. The van der Waals surface area contributed by atoms with Crippen LogP contribution in [0, 0.1) is 11.2 Å². The summed E-state index contributed by atoms with van der Waals surface area (Å²) in [7, 11) is 0. The number of nitrogens with one attached hydrogen (secondary N) is 1. The normalized spacial score (nSPS) is 20.1. The molecule has 2 amide bonds. The number of hydrogen-bond donors (Lipinski definition) is 1. The minimum absolute atomic E-state index is 0.0558.